The maximum Gasteiger partial charge on any atom is 0.227 e. The van der Waals surface area contributed by atoms with Crippen LogP contribution in [0.2, 0.25) is 5.02 Å². The second-order valence-electron chi connectivity index (χ2n) is 12.0. The molecule has 0 saturated carbocycles. The van der Waals surface area contributed by atoms with Gasteiger partial charge in [-0.05, 0) is 91.5 Å². The van der Waals surface area contributed by atoms with Crippen LogP contribution in [0.25, 0.3) is 33.7 Å². The second-order valence-corrected chi connectivity index (χ2v) is 12.4. The van der Waals surface area contributed by atoms with Crippen molar-refractivity contribution in [3.8, 4) is 40.1 Å². The SMILES string of the molecule is Cc1c(COc2cc(OCc3cncc(C#N)c3)c(CN3CCCCC3)cc2Cl)cccc1-c1ccc2oc(-c3ccncc3)nc2c1. The Kier molecular flexibility index (Phi) is 9.32. The molecule has 1 saturated heterocycles. The Morgan fingerprint density at radius 2 is 1.69 bits per heavy atom. The summed E-state index contributed by atoms with van der Waals surface area (Å²) in [5.74, 6) is 1.83. The molecule has 0 bridgehead atoms. The summed E-state index contributed by atoms with van der Waals surface area (Å²) in [5, 5.41) is 9.84. The van der Waals surface area contributed by atoms with Gasteiger partial charge in [0.05, 0.1) is 10.6 Å². The molecule has 0 amide bonds. The zero-order chi connectivity index (χ0) is 32.9. The van der Waals surface area contributed by atoms with Crippen LogP contribution >= 0.6 is 11.6 Å². The monoisotopic (exact) mass is 655 g/mol. The van der Waals surface area contributed by atoms with Crippen LogP contribution in [0.3, 0.4) is 0 Å². The van der Waals surface area contributed by atoms with Crippen molar-refractivity contribution in [1.82, 2.24) is 19.9 Å². The first-order valence-electron chi connectivity index (χ1n) is 16.1. The lowest BCUT2D eigenvalue weighted by Gasteiger charge is -2.27. The zero-order valence-electron chi connectivity index (χ0n) is 26.7. The fraction of sp³-hybridized carbons (Fsp3) is 0.231. The highest BCUT2D eigenvalue weighted by Crippen LogP contribution is 2.36. The van der Waals surface area contributed by atoms with E-state index in [2.05, 4.69) is 52.1 Å². The number of pyridine rings is 2. The predicted octanol–water partition coefficient (Wildman–Crippen LogP) is 8.93. The first kappa shape index (κ1) is 31.4. The van der Waals surface area contributed by atoms with Crippen LogP contribution in [0.4, 0.5) is 0 Å². The van der Waals surface area contributed by atoms with Crippen molar-refractivity contribution in [2.75, 3.05) is 13.1 Å². The normalized spacial score (nSPS) is 13.4. The number of oxazole rings is 1. The van der Waals surface area contributed by atoms with E-state index in [1.54, 1.807) is 30.9 Å². The van der Waals surface area contributed by atoms with Gasteiger partial charge in [0.2, 0.25) is 5.89 Å². The van der Waals surface area contributed by atoms with Gasteiger partial charge in [-0.3, -0.25) is 14.9 Å². The molecule has 6 aromatic rings. The van der Waals surface area contributed by atoms with E-state index in [0.717, 1.165) is 69.7 Å². The molecule has 7 rings (SSSR count). The van der Waals surface area contributed by atoms with Crippen LogP contribution in [-0.2, 0) is 19.8 Å². The Bertz CT molecular complexity index is 2100. The molecule has 9 heteroatoms. The number of hydrogen-bond acceptors (Lipinski definition) is 8. The molecular weight excluding hydrogens is 622 g/mol. The quantitative estimate of drug-likeness (QED) is 0.144. The van der Waals surface area contributed by atoms with Gasteiger partial charge in [-0.1, -0.05) is 42.3 Å². The van der Waals surface area contributed by atoms with Crippen molar-refractivity contribution in [3.05, 3.63) is 124 Å². The van der Waals surface area contributed by atoms with Crippen LogP contribution in [0.15, 0.2) is 95.9 Å². The summed E-state index contributed by atoms with van der Waals surface area (Å²) < 4.78 is 18.7. The number of nitrogens with zero attached hydrogens (tertiary/aromatic N) is 5. The molecule has 0 radical (unpaired) electrons. The standard InChI is InChI=1S/C39H34ClN5O3/c1-26-31(6-5-7-33(26)30-8-9-36-35(18-30)44-39(48-36)29-10-12-42-13-11-29)25-47-38-19-37(46-24-28-16-27(20-41)21-43-22-28)32(17-34(38)40)23-45-14-3-2-4-15-45/h5-13,16-19,21-22H,2-4,14-15,23-25H2,1H3. The number of ether oxygens (including phenoxy) is 2. The number of halogens is 1. The lowest BCUT2D eigenvalue weighted by Crippen LogP contribution is -2.29. The topological polar surface area (TPSA) is 97.3 Å². The van der Waals surface area contributed by atoms with E-state index >= 15 is 0 Å². The number of hydrogen-bond donors (Lipinski definition) is 0. The van der Waals surface area contributed by atoms with E-state index in [1.807, 2.05) is 36.4 Å². The number of aromatic nitrogens is 3. The molecule has 0 aliphatic carbocycles. The third-order valence-corrected chi connectivity index (χ3v) is 9.03. The van der Waals surface area contributed by atoms with Crippen LogP contribution in [0, 0.1) is 18.3 Å². The van der Waals surface area contributed by atoms with Gasteiger partial charge < -0.3 is 13.9 Å². The Morgan fingerprint density at radius 3 is 2.52 bits per heavy atom. The number of rotatable bonds is 10. The Morgan fingerprint density at radius 1 is 0.854 bits per heavy atom. The number of likely N-dealkylation sites (tertiary alicyclic amines) is 1. The first-order valence-corrected chi connectivity index (χ1v) is 16.5. The van der Waals surface area contributed by atoms with Gasteiger partial charge >= 0.3 is 0 Å². The van der Waals surface area contributed by atoms with Gasteiger partial charge in [0.25, 0.3) is 0 Å². The highest BCUT2D eigenvalue weighted by molar-refractivity contribution is 6.32. The van der Waals surface area contributed by atoms with E-state index in [0.29, 0.717) is 34.6 Å². The summed E-state index contributed by atoms with van der Waals surface area (Å²) >= 11 is 6.85. The van der Waals surface area contributed by atoms with E-state index in [9.17, 15) is 5.26 Å². The highest BCUT2D eigenvalue weighted by atomic mass is 35.5. The summed E-state index contributed by atoms with van der Waals surface area (Å²) in [6.07, 6.45) is 10.4. The van der Waals surface area contributed by atoms with Crippen LogP contribution in [0.5, 0.6) is 11.5 Å². The van der Waals surface area contributed by atoms with Gasteiger partial charge in [-0.2, -0.15) is 5.26 Å². The summed E-state index contributed by atoms with van der Waals surface area (Å²) in [6.45, 7) is 5.55. The summed E-state index contributed by atoms with van der Waals surface area (Å²) in [6, 6.07) is 23.8. The van der Waals surface area contributed by atoms with E-state index < -0.39 is 0 Å². The third kappa shape index (κ3) is 7.03. The molecule has 0 unspecified atom stereocenters. The average molecular weight is 656 g/mol. The van der Waals surface area contributed by atoms with Crippen LogP contribution in [0.1, 0.15) is 47.1 Å². The van der Waals surface area contributed by atoms with E-state index in [4.69, 9.17) is 30.5 Å². The molecule has 0 atom stereocenters. The highest BCUT2D eigenvalue weighted by Gasteiger charge is 2.18. The number of piperidine rings is 1. The molecule has 0 N–H and O–H groups in total. The minimum atomic E-state index is 0.275. The largest absolute Gasteiger partial charge is 0.488 e. The summed E-state index contributed by atoms with van der Waals surface area (Å²) in [7, 11) is 0. The molecular formula is C39H34ClN5O3. The summed E-state index contributed by atoms with van der Waals surface area (Å²) in [5.41, 5.74) is 9.01. The Labute approximate surface area is 284 Å². The fourth-order valence-corrected chi connectivity index (χ4v) is 6.35. The molecule has 4 heterocycles. The van der Waals surface area contributed by atoms with E-state index in [1.165, 1.54) is 19.3 Å². The van der Waals surface area contributed by atoms with Gasteiger partial charge in [-0.25, -0.2) is 4.98 Å². The molecule has 0 spiro atoms. The number of nitriles is 1. The molecule has 240 valence electrons. The number of benzene rings is 3. The van der Waals surface area contributed by atoms with E-state index in [-0.39, 0.29) is 6.61 Å². The Balaban J connectivity index is 1.12. The van der Waals surface area contributed by atoms with Gasteiger partial charge in [0.1, 0.15) is 36.3 Å². The molecule has 8 nitrogen and oxygen atoms in total. The van der Waals surface area contributed by atoms with Crippen molar-refractivity contribution in [3.63, 3.8) is 0 Å². The maximum absolute atomic E-state index is 9.30. The van der Waals surface area contributed by atoms with Crippen molar-refractivity contribution >= 4 is 22.7 Å². The lowest BCUT2D eigenvalue weighted by atomic mass is 9.96. The smallest absolute Gasteiger partial charge is 0.227 e. The third-order valence-electron chi connectivity index (χ3n) is 8.73. The second kappa shape index (κ2) is 14.3. The molecule has 3 aromatic heterocycles. The first-order chi connectivity index (χ1) is 23.5. The molecule has 1 aliphatic heterocycles. The fourth-order valence-electron chi connectivity index (χ4n) is 6.11. The maximum atomic E-state index is 9.30. The minimum Gasteiger partial charge on any atom is -0.488 e. The average Bonchev–Trinajstić information content (AvgIpc) is 3.56. The minimum absolute atomic E-state index is 0.275. The van der Waals surface area contributed by atoms with Crippen LogP contribution < -0.4 is 9.47 Å². The van der Waals surface area contributed by atoms with Crippen LogP contribution in [-0.4, -0.2) is 32.9 Å². The molecule has 48 heavy (non-hydrogen) atoms. The van der Waals surface area contributed by atoms with Crippen molar-refractivity contribution < 1.29 is 13.9 Å². The molecule has 1 fully saturated rings. The zero-order valence-corrected chi connectivity index (χ0v) is 27.4. The summed E-state index contributed by atoms with van der Waals surface area (Å²) in [4.78, 5) is 15.4. The van der Waals surface area contributed by atoms with Gasteiger partial charge in [-0.15, -0.1) is 0 Å². The van der Waals surface area contributed by atoms with Gasteiger partial charge in [0.15, 0.2) is 5.58 Å². The lowest BCUT2D eigenvalue weighted by molar-refractivity contribution is 0.214. The Hall–Kier alpha value is -5.23. The van der Waals surface area contributed by atoms with Gasteiger partial charge in [0, 0.05) is 54.1 Å². The molecule has 3 aromatic carbocycles. The number of fused-ring (bicyclic) bond motifs is 1. The van der Waals surface area contributed by atoms with Crippen molar-refractivity contribution in [2.24, 2.45) is 0 Å². The van der Waals surface area contributed by atoms with Crippen molar-refractivity contribution in [1.29, 1.82) is 5.26 Å². The predicted molar refractivity (Wildman–Crippen MR) is 186 cm³/mol. The van der Waals surface area contributed by atoms with Crippen molar-refractivity contribution in [2.45, 2.75) is 45.9 Å². The molecule has 1 aliphatic rings.